The predicted molar refractivity (Wildman–Crippen MR) is 80.3 cm³/mol. The standard InChI is InChI=1S/C13H18N4O2S/c1-3-7-17-8-4-5-10(12(17)18)11-15-16-13(20-11)14-6-9-19-2/h4-5,8H,3,6-7,9H2,1-2H3,(H,14,16). The molecule has 2 aromatic heterocycles. The molecule has 0 fully saturated rings. The molecule has 20 heavy (non-hydrogen) atoms. The molecular weight excluding hydrogens is 276 g/mol. The summed E-state index contributed by atoms with van der Waals surface area (Å²) in [5.74, 6) is 0. The maximum Gasteiger partial charge on any atom is 0.260 e. The zero-order valence-corrected chi connectivity index (χ0v) is 12.4. The minimum absolute atomic E-state index is 0.0195. The van der Waals surface area contributed by atoms with Gasteiger partial charge in [0.25, 0.3) is 5.56 Å². The second-order valence-corrected chi connectivity index (χ2v) is 5.23. The van der Waals surface area contributed by atoms with Crippen LogP contribution in [-0.2, 0) is 11.3 Å². The molecule has 0 aromatic carbocycles. The maximum atomic E-state index is 12.3. The van der Waals surface area contributed by atoms with Gasteiger partial charge in [0.15, 0.2) is 5.01 Å². The van der Waals surface area contributed by atoms with Gasteiger partial charge in [0.2, 0.25) is 5.13 Å². The molecule has 0 saturated heterocycles. The number of pyridine rings is 1. The summed E-state index contributed by atoms with van der Waals surface area (Å²) in [6.45, 7) is 4.02. The van der Waals surface area contributed by atoms with Crippen molar-refractivity contribution >= 4 is 16.5 Å². The van der Waals surface area contributed by atoms with Gasteiger partial charge in [0, 0.05) is 26.4 Å². The average Bonchev–Trinajstić information content (AvgIpc) is 2.90. The highest BCUT2D eigenvalue weighted by atomic mass is 32.1. The van der Waals surface area contributed by atoms with E-state index in [1.54, 1.807) is 23.9 Å². The van der Waals surface area contributed by atoms with Gasteiger partial charge in [-0.3, -0.25) is 4.79 Å². The molecule has 0 unspecified atom stereocenters. The van der Waals surface area contributed by atoms with E-state index in [9.17, 15) is 4.79 Å². The van der Waals surface area contributed by atoms with Crippen molar-refractivity contribution in [1.29, 1.82) is 0 Å². The normalized spacial score (nSPS) is 10.7. The van der Waals surface area contributed by atoms with E-state index in [0.717, 1.165) is 6.42 Å². The molecular formula is C13H18N4O2S. The first-order chi connectivity index (χ1) is 9.76. The Morgan fingerprint density at radius 1 is 1.45 bits per heavy atom. The van der Waals surface area contributed by atoms with Crippen LogP contribution in [0.5, 0.6) is 0 Å². The van der Waals surface area contributed by atoms with Crippen molar-refractivity contribution in [2.45, 2.75) is 19.9 Å². The monoisotopic (exact) mass is 294 g/mol. The second-order valence-electron chi connectivity index (χ2n) is 4.25. The fraction of sp³-hybridized carbons (Fsp3) is 0.462. The van der Waals surface area contributed by atoms with Gasteiger partial charge in [-0.15, -0.1) is 10.2 Å². The number of nitrogens with one attached hydrogen (secondary N) is 1. The van der Waals surface area contributed by atoms with Crippen LogP contribution >= 0.6 is 11.3 Å². The van der Waals surface area contributed by atoms with Crippen LogP contribution in [0.25, 0.3) is 10.6 Å². The summed E-state index contributed by atoms with van der Waals surface area (Å²) < 4.78 is 6.66. The van der Waals surface area contributed by atoms with Crippen LogP contribution in [-0.4, -0.2) is 35.0 Å². The number of aryl methyl sites for hydroxylation is 1. The van der Waals surface area contributed by atoms with Gasteiger partial charge >= 0.3 is 0 Å². The molecule has 0 radical (unpaired) electrons. The Kier molecular flexibility index (Phi) is 5.25. The van der Waals surface area contributed by atoms with Crippen molar-refractivity contribution in [3.05, 3.63) is 28.7 Å². The first-order valence-corrected chi connectivity index (χ1v) is 7.34. The number of anilines is 1. The van der Waals surface area contributed by atoms with Gasteiger partial charge in [0.05, 0.1) is 12.2 Å². The smallest absolute Gasteiger partial charge is 0.260 e. The Bertz CT molecular complexity index is 608. The topological polar surface area (TPSA) is 69.0 Å². The first-order valence-electron chi connectivity index (χ1n) is 6.52. The SMILES string of the molecule is CCCn1cccc(-c2nnc(NCCOC)s2)c1=O. The zero-order chi connectivity index (χ0) is 14.4. The van der Waals surface area contributed by atoms with E-state index in [2.05, 4.69) is 15.5 Å². The molecule has 108 valence electrons. The molecule has 0 atom stereocenters. The lowest BCUT2D eigenvalue weighted by Gasteiger charge is -2.04. The Hall–Kier alpha value is -1.73. The lowest BCUT2D eigenvalue weighted by molar-refractivity contribution is 0.211. The third-order valence-corrected chi connectivity index (χ3v) is 3.64. The molecule has 0 aliphatic rings. The van der Waals surface area contributed by atoms with E-state index in [4.69, 9.17) is 4.74 Å². The number of nitrogens with zero attached hydrogens (tertiary/aromatic N) is 3. The van der Waals surface area contributed by atoms with Crippen molar-refractivity contribution in [2.75, 3.05) is 25.6 Å². The van der Waals surface area contributed by atoms with Crippen molar-refractivity contribution in [3.63, 3.8) is 0 Å². The van der Waals surface area contributed by atoms with Crippen LogP contribution in [0.15, 0.2) is 23.1 Å². The molecule has 2 aromatic rings. The van der Waals surface area contributed by atoms with Crippen molar-refractivity contribution in [2.24, 2.45) is 0 Å². The van der Waals surface area contributed by atoms with Crippen LogP contribution in [0.2, 0.25) is 0 Å². The highest BCUT2D eigenvalue weighted by Gasteiger charge is 2.11. The van der Waals surface area contributed by atoms with Crippen LogP contribution in [0.4, 0.5) is 5.13 Å². The largest absolute Gasteiger partial charge is 0.383 e. The fourth-order valence-electron chi connectivity index (χ4n) is 1.78. The molecule has 0 spiro atoms. The second kappa shape index (κ2) is 7.16. The summed E-state index contributed by atoms with van der Waals surface area (Å²) >= 11 is 1.38. The number of hydrogen-bond acceptors (Lipinski definition) is 6. The molecule has 2 rings (SSSR count). The molecule has 1 N–H and O–H groups in total. The minimum atomic E-state index is -0.0195. The minimum Gasteiger partial charge on any atom is -0.383 e. The maximum absolute atomic E-state index is 12.3. The van der Waals surface area contributed by atoms with Gasteiger partial charge < -0.3 is 14.6 Å². The summed E-state index contributed by atoms with van der Waals surface area (Å²) in [7, 11) is 1.65. The van der Waals surface area contributed by atoms with Crippen LogP contribution < -0.4 is 10.9 Å². The van der Waals surface area contributed by atoms with Gasteiger partial charge in [0.1, 0.15) is 0 Å². The van der Waals surface area contributed by atoms with Crippen LogP contribution in [0, 0.1) is 0 Å². The predicted octanol–water partition coefficient (Wildman–Crippen LogP) is 1.84. The van der Waals surface area contributed by atoms with Crippen molar-refractivity contribution < 1.29 is 4.74 Å². The zero-order valence-electron chi connectivity index (χ0n) is 11.6. The van der Waals surface area contributed by atoms with Crippen molar-refractivity contribution in [3.8, 4) is 10.6 Å². The van der Waals surface area contributed by atoms with E-state index >= 15 is 0 Å². The summed E-state index contributed by atoms with van der Waals surface area (Å²) in [5, 5.41) is 12.6. The summed E-state index contributed by atoms with van der Waals surface area (Å²) in [5.41, 5.74) is 0.576. The summed E-state index contributed by atoms with van der Waals surface area (Å²) in [4.78, 5) is 12.3. The highest BCUT2D eigenvalue weighted by molar-refractivity contribution is 7.18. The molecule has 0 amide bonds. The Morgan fingerprint density at radius 2 is 2.30 bits per heavy atom. The van der Waals surface area contributed by atoms with Gasteiger partial charge in [-0.2, -0.15) is 0 Å². The average molecular weight is 294 g/mol. The Labute approximate surface area is 121 Å². The summed E-state index contributed by atoms with van der Waals surface area (Å²) in [6, 6.07) is 3.65. The Balaban J connectivity index is 2.19. The number of rotatable bonds is 7. The highest BCUT2D eigenvalue weighted by Crippen LogP contribution is 2.23. The number of hydrogen-bond donors (Lipinski definition) is 1. The van der Waals surface area contributed by atoms with Crippen LogP contribution in [0.3, 0.4) is 0 Å². The lowest BCUT2D eigenvalue weighted by Crippen LogP contribution is -2.20. The van der Waals surface area contributed by atoms with E-state index < -0.39 is 0 Å². The van der Waals surface area contributed by atoms with E-state index in [-0.39, 0.29) is 5.56 Å². The third-order valence-electron chi connectivity index (χ3n) is 2.72. The quantitative estimate of drug-likeness (QED) is 0.789. The fourth-order valence-corrected chi connectivity index (χ4v) is 2.57. The van der Waals surface area contributed by atoms with E-state index in [1.165, 1.54) is 11.3 Å². The molecule has 0 bridgehead atoms. The van der Waals surface area contributed by atoms with Gasteiger partial charge in [-0.05, 0) is 18.6 Å². The number of methoxy groups -OCH3 is 1. The molecule has 2 heterocycles. The molecule has 7 heteroatoms. The molecule has 0 aliphatic heterocycles. The summed E-state index contributed by atoms with van der Waals surface area (Å²) in [6.07, 6.45) is 2.72. The lowest BCUT2D eigenvalue weighted by atomic mass is 10.3. The van der Waals surface area contributed by atoms with Gasteiger partial charge in [-0.1, -0.05) is 18.3 Å². The third kappa shape index (κ3) is 3.43. The van der Waals surface area contributed by atoms with E-state index in [1.807, 2.05) is 13.0 Å². The molecule has 6 nitrogen and oxygen atoms in total. The molecule has 0 saturated carbocycles. The van der Waals surface area contributed by atoms with E-state index in [0.29, 0.717) is 35.4 Å². The number of aromatic nitrogens is 3. The van der Waals surface area contributed by atoms with Crippen molar-refractivity contribution in [1.82, 2.24) is 14.8 Å². The Morgan fingerprint density at radius 3 is 3.05 bits per heavy atom. The first kappa shape index (κ1) is 14.7. The number of ether oxygens (including phenoxy) is 1. The molecule has 0 aliphatic carbocycles. The van der Waals surface area contributed by atoms with Crippen LogP contribution in [0.1, 0.15) is 13.3 Å². The van der Waals surface area contributed by atoms with Gasteiger partial charge in [-0.25, -0.2) is 0 Å².